The van der Waals surface area contributed by atoms with Crippen LogP contribution in [0.5, 0.6) is 0 Å². The van der Waals surface area contributed by atoms with E-state index in [1.165, 1.54) is 0 Å². The Labute approximate surface area is 172 Å². The molecule has 0 unspecified atom stereocenters. The Balaban J connectivity index is 5.14. The highest BCUT2D eigenvalue weighted by molar-refractivity contribution is 6.74. The fourth-order valence-corrected chi connectivity index (χ4v) is 5.41. The first-order chi connectivity index (χ1) is 11.9. The zero-order valence-corrected chi connectivity index (χ0v) is 22.4. The van der Waals surface area contributed by atoms with E-state index in [4.69, 9.17) is 8.85 Å². The molecule has 0 bridgehead atoms. The molecule has 0 radical (unpaired) electrons. The lowest BCUT2D eigenvalue weighted by Crippen LogP contribution is -2.51. The zero-order valence-electron chi connectivity index (χ0n) is 20.4. The Hall–Kier alpha value is 0.0238. The summed E-state index contributed by atoms with van der Waals surface area (Å²) in [4.78, 5) is 11.2. The summed E-state index contributed by atoms with van der Waals surface area (Å²) in [6.07, 6.45) is 5.12. The van der Waals surface area contributed by atoms with Crippen LogP contribution in [0.1, 0.15) is 87.5 Å². The molecule has 0 spiro atoms. The van der Waals surface area contributed by atoms with Gasteiger partial charge in [0.1, 0.15) is 5.78 Å². The molecule has 5 heteroatoms. The highest BCUT2D eigenvalue weighted by atomic mass is 28.4. The van der Waals surface area contributed by atoms with Crippen LogP contribution in [0.4, 0.5) is 0 Å². The fraction of sp³-hybridized carbons (Fsp3) is 0.955. The van der Waals surface area contributed by atoms with Gasteiger partial charge >= 0.3 is 0 Å². The molecule has 162 valence electrons. The van der Waals surface area contributed by atoms with Gasteiger partial charge in [-0.25, -0.2) is 0 Å². The quantitative estimate of drug-likeness (QED) is 0.261. The second-order valence-electron chi connectivity index (χ2n) is 11.3. The van der Waals surface area contributed by atoms with Crippen molar-refractivity contribution < 1.29 is 13.6 Å². The predicted molar refractivity (Wildman–Crippen MR) is 124 cm³/mol. The van der Waals surface area contributed by atoms with Gasteiger partial charge in [0.15, 0.2) is 16.6 Å². The van der Waals surface area contributed by atoms with Gasteiger partial charge in [0.2, 0.25) is 0 Å². The first kappa shape index (κ1) is 27.0. The maximum atomic E-state index is 11.2. The minimum absolute atomic E-state index is 0.104. The third-order valence-corrected chi connectivity index (χ3v) is 15.7. The molecule has 0 aliphatic rings. The number of Topliss-reactive ketones (excluding diaryl/α,β-unsaturated/α-hetero) is 1. The Morgan fingerprint density at radius 3 is 1.67 bits per heavy atom. The van der Waals surface area contributed by atoms with Crippen molar-refractivity contribution in [2.45, 2.75) is 136 Å². The van der Waals surface area contributed by atoms with E-state index in [2.05, 4.69) is 74.7 Å². The first-order valence-electron chi connectivity index (χ1n) is 10.8. The summed E-state index contributed by atoms with van der Waals surface area (Å²) in [7, 11) is -3.69. The monoisotopic (exact) mass is 416 g/mol. The van der Waals surface area contributed by atoms with Crippen molar-refractivity contribution in [2.24, 2.45) is 0 Å². The molecule has 0 heterocycles. The average Bonchev–Trinajstić information content (AvgIpc) is 2.42. The molecule has 0 amide bonds. The van der Waals surface area contributed by atoms with E-state index in [-0.39, 0.29) is 22.3 Å². The Kier molecular flexibility index (Phi) is 10.2. The average molecular weight is 417 g/mol. The maximum absolute atomic E-state index is 11.2. The molecule has 2 atom stereocenters. The molecule has 3 nitrogen and oxygen atoms in total. The van der Waals surface area contributed by atoms with Crippen LogP contribution in [0, 0.1) is 0 Å². The first-order valence-corrected chi connectivity index (χ1v) is 16.6. The molecule has 0 N–H and O–H groups in total. The molecular formula is C22H48O3Si2. The Morgan fingerprint density at radius 2 is 1.26 bits per heavy atom. The summed E-state index contributed by atoms with van der Waals surface area (Å²) in [5, 5.41) is 0.390. The van der Waals surface area contributed by atoms with Gasteiger partial charge in [-0.1, -0.05) is 54.4 Å². The number of ketones is 1. The molecule has 0 saturated heterocycles. The van der Waals surface area contributed by atoms with Crippen LogP contribution in [0.2, 0.25) is 36.3 Å². The molecule has 0 aromatic heterocycles. The largest absolute Gasteiger partial charge is 0.412 e. The van der Waals surface area contributed by atoms with Crippen molar-refractivity contribution >= 4 is 22.4 Å². The van der Waals surface area contributed by atoms with Crippen LogP contribution in [0.15, 0.2) is 0 Å². The third kappa shape index (κ3) is 9.38. The van der Waals surface area contributed by atoms with Crippen molar-refractivity contribution in [2.75, 3.05) is 0 Å². The van der Waals surface area contributed by atoms with E-state index in [0.29, 0.717) is 12.2 Å². The van der Waals surface area contributed by atoms with Gasteiger partial charge in [0.25, 0.3) is 0 Å². The Bertz CT molecular complexity index is 459. The molecule has 0 rings (SSSR count). The van der Waals surface area contributed by atoms with Gasteiger partial charge in [-0.2, -0.15) is 0 Å². The van der Waals surface area contributed by atoms with Crippen molar-refractivity contribution in [3.63, 3.8) is 0 Å². The molecule has 0 saturated carbocycles. The topological polar surface area (TPSA) is 35.5 Å². The molecule has 0 aromatic rings. The summed E-state index contributed by atoms with van der Waals surface area (Å²) in [6.45, 7) is 26.9. The SMILES string of the molecule is CC(=O)CCCCC[C@@H](O[Si](C)(C)C(C)(C)C)[C@H](C)O[Si](C)(C)C(C)(C)C. The molecule has 0 aromatic carbocycles. The van der Waals surface area contributed by atoms with Gasteiger partial charge < -0.3 is 13.6 Å². The fourth-order valence-electron chi connectivity index (χ4n) is 2.56. The van der Waals surface area contributed by atoms with E-state index in [1.54, 1.807) is 6.92 Å². The van der Waals surface area contributed by atoms with Crippen LogP contribution < -0.4 is 0 Å². The summed E-state index contributed by atoms with van der Waals surface area (Å²) >= 11 is 0. The molecule has 0 aliphatic carbocycles. The number of carbonyl (C=O) groups excluding carboxylic acids is 1. The second kappa shape index (κ2) is 10.2. The van der Waals surface area contributed by atoms with Crippen LogP contribution >= 0.6 is 0 Å². The predicted octanol–water partition coefficient (Wildman–Crippen LogP) is 7.33. The summed E-state index contributed by atoms with van der Waals surface area (Å²) < 4.78 is 13.5. The lowest BCUT2D eigenvalue weighted by atomic mass is 10.1. The number of carbonyl (C=O) groups is 1. The second-order valence-corrected chi connectivity index (χ2v) is 20.8. The minimum atomic E-state index is -1.86. The normalized spacial score (nSPS) is 16.3. The molecular weight excluding hydrogens is 368 g/mol. The van der Waals surface area contributed by atoms with Crippen molar-refractivity contribution in [3.05, 3.63) is 0 Å². The number of unbranched alkanes of at least 4 members (excludes halogenated alkanes) is 2. The molecule has 0 fully saturated rings. The molecule has 27 heavy (non-hydrogen) atoms. The van der Waals surface area contributed by atoms with Crippen LogP contribution in [-0.4, -0.2) is 34.6 Å². The van der Waals surface area contributed by atoms with E-state index >= 15 is 0 Å². The van der Waals surface area contributed by atoms with E-state index in [9.17, 15) is 4.79 Å². The highest BCUT2D eigenvalue weighted by Gasteiger charge is 2.43. The van der Waals surface area contributed by atoms with Gasteiger partial charge in [0, 0.05) is 6.42 Å². The number of rotatable bonds is 11. The van der Waals surface area contributed by atoms with E-state index in [0.717, 1.165) is 25.7 Å². The lowest BCUT2D eigenvalue weighted by molar-refractivity contribution is -0.117. The lowest BCUT2D eigenvalue weighted by Gasteiger charge is -2.44. The maximum Gasteiger partial charge on any atom is 0.192 e. The van der Waals surface area contributed by atoms with Gasteiger partial charge in [-0.05, 0) is 63.0 Å². The standard InChI is InChI=1S/C22H48O3Si2/c1-18(23)16-14-13-15-17-20(25-27(11,12)22(6,7)8)19(2)24-26(9,10)21(3,4)5/h19-20H,13-17H2,1-12H3/t19-,20+/m0/s1. The van der Waals surface area contributed by atoms with Gasteiger partial charge in [-0.3, -0.25) is 0 Å². The number of hydrogen-bond acceptors (Lipinski definition) is 3. The van der Waals surface area contributed by atoms with Gasteiger partial charge in [0.05, 0.1) is 12.2 Å². The van der Waals surface area contributed by atoms with Gasteiger partial charge in [-0.15, -0.1) is 0 Å². The van der Waals surface area contributed by atoms with E-state index in [1.807, 2.05) is 0 Å². The zero-order chi connectivity index (χ0) is 21.7. The van der Waals surface area contributed by atoms with Crippen LogP contribution in [0.3, 0.4) is 0 Å². The van der Waals surface area contributed by atoms with Crippen molar-refractivity contribution in [3.8, 4) is 0 Å². The minimum Gasteiger partial charge on any atom is -0.412 e. The number of hydrogen-bond donors (Lipinski definition) is 0. The van der Waals surface area contributed by atoms with Crippen LogP contribution in [0.25, 0.3) is 0 Å². The Morgan fingerprint density at radius 1 is 0.815 bits per heavy atom. The third-order valence-electron chi connectivity index (χ3n) is 6.58. The van der Waals surface area contributed by atoms with Crippen molar-refractivity contribution in [1.82, 2.24) is 0 Å². The summed E-state index contributed by atoms with van der Waals surface area (Å²) in [5.41, 5.74) is 0. The molecule has 0 aliphatic heterocycles. The van der Waals surface area contributed by atoms with Crippen LogP contribution in [-0.2, 0) is 13.6 Å². The summed E-state index contributed by atoms with van der Waals surface area (Å²) in [5.74, 6) is 0.290. The highest BCUT2D eigenvalue weighted by Crippen LogP contribution is 2.41. The van der Waals surface area contributed by atoms with Crippen molar-refractivity contribution in [1.29, 1.82) is 0 Å². The smallest absolute Gasteiger partial charge is 0.192 e. The summed E-state index contributed by atoms with van der Waals surface area (Å²) in [6, 6.07) is 0. The van der Waals surface area contributed by atoms with E-state index < -0.39 is 16.6 Å².